The largest absolute Gasteiger partial charge is 1.00 e. The summed E-state index contributed by atoms with van der Waals surface area (Å²) in [7, 11) is 1.30. The first-order valence-electron chi connectivity index (χ1n) is 6.76. The van der Waals surface area contributed by atoms with Crippen LogP contribution < -0.4 is 29.6 Å². The predicted molar refractivity (Wildman–Crippen MR) is 80.8 cm³/mol. The topological polar surface area (TPSA) is 82.0 Å². The molecule has 0 fully saturated rings. The van der Waals surface area contributed by atoms with Gasteiger partial charge in [-0.05, 0) is 23.0 Å². The van der Waals surface area contributed by atoms with E-state index >= 15 is 0 Å². The van der Waals surface area contributed by atoms with Crippen molar-refractivity contribution in [3.8, 4) is 0 Å². The molecule has 0 N–H and O–H groups in total. The third kappa shape index (κ3) is 4.06. The molecule has 6 nitrogen and oxygen atoms in total. The van der Waals surface area contributed by atoms with Gasteiger partial charge >= 0.3 is 29.6 Å². The predicted octanol–water partition coefficient (Wildman–Crippen LogP) is 0.342. The molecule has 0 atom stereocenters. The molecule has 0 aromatic rings. The zero-order chi connectivity index (χ0) is 16.6. The Morgan fingerprint density at radius 1 is 1.09 bits per heavy atom. The van der Waals surface area contributed by atoms with Crippen LogP contribution in [0.2, 0.25) is 0 Å². The minimum absolute atomic E-state index is 0. The van der Waals surface area contributed by atoms with Crippen molar-refractivity contribution in [3.63, 3.8) is 0 Å². The Bertz CT molecular complexity index is 479. The van der Waals surface area contributed by atoms with Crippen LogP contribution in [-0.2, 0) is 9.53 Å². The third-order valence-electron chi connectivity index (χ3n) is 3.51. The van der Waals surface area contributed by atoms with E-state index in [2.05, 4.69) is 5.29 Å². The maximum Gasteiger partial charge on any atom is 1.00 e. The Morgan fingerprint density at radius 3 is 1.68 bits per heavy atom. The minimum Gasteiger partial charge on any atom is -0.737 e. The molecule has 0 aromatic heterocycles. The second kappa shape index (κ2) is 6.93. The summed E-state index contributed by atoms with van der Waals surface area (Å²) in [4.78, 5) is 23.4. The first kappa shape index (κ1) is 21.5. The number of nitrogens with zero attached hydrogens (tertiary/aromatic N) is 2. The summed E-state index contributed by atoms with van der Waals surface area (Å²) in [6.07, 6.45) is 2.78. The van der Waals surface area contributed by atoms with Gasteiger partial charge in [0, 0.05) is 23.5 Å². The Hall–Kier alpha value is -0.530. The Kier molecular flexibility index (Phi) is 6.76. The molecule has 0 aromatic carbocycles. The molecule has 1 aliphatic carbocycles. The molecular weight excluding hydrogens is 295 g/mol. The smallest absolute Gasteiger partial charge is 0.737 e. The van der Waals surface area contributed by atoms with Crippen molar-refractivity contribution in [2.75, 3.05) is 7.11 Å². The van der Waals surface area contributed by atoms with Crippen LogP contribution in [0.25, 0.3) is 0 Å². The third-order valence-corrected chi connectivity index (χ3v) is 3.51. The molecule has 0 radical (unpaired) electrons. The van der Waals surface area contributed by atoms with Crippen molar-refractivity contribution in [2.45, 2.75) is 47.3 Å². The minimum atomic E-state index is -1.68. The number of hydrogen-bond acceptors (Lipinski definition) is 5. The van der Waals surface area contributed by atoms with Crippen LogP contribution in [0.1, 0.15) is 41.5 Å². The molecule has 1 rings (SSSR count). The molecule has 0 amide bonds. The van der Waals surface area contributed by atoms with Crippen molar-refractivity contribution in [2.24, 2.45) is 16.1 Å². The molecule has 118 valence electrons. The van der Waals surface area contributed by atoms with Crippen LogP contribution in [-0.4, -0.2) is 23.8 Å². The molecular formula is C15H23N2NaO4. The van der Waals surface area contributed by atoms with E-state index < -0.39 is 16.6 Å². The number of hydroxylamine groups is 1. The normalized spacial score (nSPS) is 18.1. The number of hydrogen-bond donors (Lipinski definition) is 0. The molecule has 1 aliphatic rings. The van der Waals surface area contributed by atoms with E-state index in [1.165, 1.54) is 19.3 Å². The summed E-state index contributed by atoms with van der Waals surface area (Å²) in [5.41, 5.74) is -1.80. The standard InChI is InChI=1S/C15H23N2O4.Na/c1-13(2,3)10-8-15(21-7,17(20)16-19)9-11(12(10)18)14(4,5)6;/h8-9H,1-7H3;/q-1;+1. The summed E-state index contributed by atoms with van der Waals surface area (Å²) in [5.74, 6) is -0.137. The van der Waals surface area contributed by atoms with Gasteiger partial charge in [-0.2, -0.15) is 0 Å². The van der Waals surface area contributed by atoms with Crippen molar-refractivity contribution >= 4 is 5.78 Å². The number of ether oxygens (including phenoxy) is 1. The van der Waals surface area contributed by atoms with Gasteiger partial charge in [-0.3, -0.25) is 9.97 Å². The van der Waals surface area contributed by atoms with Gasteiger partial charge in [-0.15, -0.1) is 4.91 Å². The number of Topliss-reactive ketones (excluding diaryl/α,β-unsaturated/α-hetero) is 1. The number of nitroso groups, excluding NO2 is 1. The molecule has 0 heterocycles. The van der Waals surface area contributed by atoms with Crippen molar-refractivity contribution in [1.82, 2.24) is 5.17 Å². The molecule has 0 unspecified atom stereocenters. The number of carbonyl (C=O) groups is 1. The molecule has 0 saturated heterocycles. The average Bonchev–Trinajstić information content (AvgIpc) is 2.35. The molecule has 0 saturated carbocycles. The summed E-state index contributed by atoms with van der Waals surface area (Å²) in [6.45, 7) is 11.2. The summed E-state index contributed by atoms with van der Waals surface area (Å²) >= 11 is 0. The fourth-order valence-corrected chi connectivity index (χ4v) is 2.22. The van der Waals surface area contributed by atoms with Crippen LogP contribution in [0.3, 0.4) is 0 Å². The SMILES string of the molecule is COC1(N([O-])N=O)C=C(C(C)(C)C)C(=O)C(C(C)(C)C)=C1.[Na+]. The Balaban J connectivity index is 0.00000441. The fraction of sp³-hybridized carbons (Fsp3) is 0.667. The quantitative estimate of drug-likeness (QED) is 0.324. The summed E-state index contributed by atoms with van der Waals surface area (Å²) < 4.78 is 5.25. The van der Waals surface area contributed by atoms with Crippen LogP contribution in [0.4, 0.5) is 0 Å². The van der Waals surface area contributed by atoms with Gasteiger partial charge in [0.05, 0.1) is 0 Å². The first-order chi connectivity index (χ1) is 9.39. The van der Waals surface area contributed by atoms with E-state index in [9.17, 15) is 14.9 Å². The maximum atomic E-state index is 12.7. The molecule has 7 heteroatoms. The van der Waals surface area contributed by atoms with Gasteiger partial charge < -0.3 is 9.94 Å². The van der Waals surface area contributed by atoms with Crippen molar-refractivity contribution in [1.29, 1.82) is 0 Å². The zero-order valence-corrected chi connectivity index (χ0v) is 16.7. The van der Waals surface area contributed by atoms with E-state index in [0.29, 0.717) is 11.1 Å². The molecule has 0 bridgehead atoms. The summed E-state index contributed by atoms with van der Waals surface area (Å²) in [5, 5.41) is 14.2. The number of carbonyl (C=O) groups excluding carboxylic acids is 1. The van der Waals surface area contributed by atoms with Crippen LogP contribution in [0.15, 0.2) is 28.6 Å². The molecule has 22 heavy (non-hydrogen) atoms. The van der Waals surface area contributed by atoms with E-state index in [-0.39, 0.29) is 40.5 Å². The van der Waals surface area contributed by atoms with E-state index in [4.69, 9.17) is 4.74 Å². The number of ketones is 1. The van der Waals surface area contributed by atoms with Crippen LogP contribution in [0, 0.1) is 20.9 Å². The summed E-state index contributed by atoms with van der Waals surface area (Å²) in [6, 6.07) is 0. The monoisotopic (exact) mass is 318 g/mol. The van der Waals surface area contributed by atoms with E-state index in [1.54, 1.807) is 0 Å². The second-order valence-electron chi connectivity index (χ2n) is 7.26. The van der Waals surface area contributed by atoms with Gasteiger partial charge in [0.15, 0.2) is 11.5 Å². The van der Waals surface area contributed by atoms with Crippen molar-refractivity contribution in [3.05, 3.63) is 33.4 Å². The zero-order valence-electron chi connectivity index (χ0n) is 14.7. The van der Waals surface area contributed by atoms with Crippen LogP contribution in [0.5, 0.6) is 0 Å². The Labute approximate surface area is 153 Å². The first-order valence-corrected chi connectivity index (χ1v) is 6.76. The fourth-order valence-electron chi connectivity index (χ4n) is 2.22. The van der Waals surface area contributed by atoms with Gasteiger partial charge in [0.25, 0.3) is 0 Å². The number of rotatable bonds is 3. The second-order valence-corrected chi connectivity index (χ2v) is 7.26. The number of methoxy groups -OCH3 is 1. The van der Waals surface area contributed by atoms with Gasteiger partial charge in [-0.25, -0.2) is 0 Å². The Morgan fingerprint density at radius 2 is 1.45 bits per heavy atom. The van der Waals surface area contributed by atoms with Crippen molar-refractivity contribution < 1.29 is 39.1 Å². The molecule has 0 spiro atoms. The van der Waals surface area contributed by atoms with Crippen LogP contribution >= 0.6 is 0 Å². The molecule has 0 aliphatic heterocycles. The maximum absolute atomic E-state index is 12.7. The van der Waals surface area contributed by atoms with Gasteiger partial charge in [-0.1, -0.05) is 41.5 Å². The van der Waals surface area contributed by atoms with Gasteiger partial charge in [0.1, 0.15) is 0 Å². The van der Waals surface area contributed by atoms with Gasteiger partial charge in [0.2, 0.25) is 0 Å². The number of allylic oxidation sites excluding steroid dienone is 2. The van der Waals surface area contributed by atoms with E-state index in [1.807, 2.05) is 41.5 Å². The van der Waals surface area contributed by atoms with E-state index in [0.717, 1.165) is 0 Å². The average molecular weight is 318 g/mol.